The number of methoxy groups -OCH3 is 1. The first kappa shape index (κ1) is 20.6. The molecule has 1 N–H and O–H groups in total. The predicted octanol–water partition coefficient (Wildman–Crippen LogP) is 3.80. The first-order valence-corrected chi connectivity index (χ1v) is 10.2. The number of carbonyl (C=O) groups is 2. The Hall–Kier alpha value is -3.68. The lowest BCUT2D eigenvalue weighted by atomic mass is 9.97. The van der Waals surface area contributed by atoms with E-state index in [4.69, 9.17) is 9.26 Å². The molecule has 1 saturated heterocycles. The summed E-state index contributed by atoms with van der Waals surface area (Å²) < 4.78 is 10.6. The number of hydrogen-bond donors (Lipinski definition) is 1. The van der Waals surface area contributed by atoms with Gasteiger partial charge in [-0.15, -0.1) is 0 Å². The number of nitrogens with zero attached hydrogens (tertiary/aromatic N) is 3. The SMILES string of the molecule is COc1ccc(-c2noc(N3CCC[C@H](C(=O)Nc4ccc(C(C)=O)cc4)C3)n2)cc1. The fourth-order valence-electron chi connectivity index (χ4n) is 3.60. The lowest BCUT2D eigenvalue weighted by Crippen LogP contribution is -2.41. The van der Waals surface area contributed by atoms with Gasteiger partial charge >= 0.3 is 6.01 Å². The molecule has 4 rings (SSSR count). The van der Waals surface area contributed by atoms with E-state index in [2.05, 4.69) is 15.5 Å². The maximum absolute atomic E-state index is 12.8. The van der Waals surface area contributed by atoms with E-state index in [1.807, 2.05) is 29.2 Å². The summed E-state index contributed by atoms with van der Waals surface area (Å²) in [5, 5.41) is 7.02. The van der Waals surface area contributed by atoms with Gasteiger partial charge in [0.1, 0.15) is 5.75 Å². The van der Waals surface area contributed by atoms with E-state index >= 15 is 0 Å². The van der Waals surface area contributed by atoms with Crippen LogP contribution in [-0.4, -0.2) is 42.0 Å². The molecule has 0 aliphatic carbocycles. The van der Waals surface area contributed by atoms with Gasteiger partial charge in [-0.1, -0.05) is 5.16 Å². The molecule has 0 saturated carbocycles. The second kappa shape index (κ2) is 8.99. The average molecular weight is 420 g/mol. The molecule has 8 heteroatoms. The smallest absolute Gasteiger partial charge is 0.324 e. The number of amides is 1. The van der Waals surface area contributed by atoms with Gasteiger partial charge in [0, 0.05) is 29.9 Å². The van der Waals surface area contributed by atoms with Crippen molar-refractivity contribution in [2.24, 2.45) is 5.92 Å². The van der Waals surface area contributed by atoms with Crippen LogP contribution in [0.15, 0.2) is 53.1 Å². The topological polar surface area (TPSA) is 97.6 Å². The van der Waals surface area contributed by atoms with Gasteiger partial charge in [0.2, 0.25) is 11.7 Å². The molecule has 1 aromatic heterocycles. The van der Waals surface area contributed by atoms with Crippen molar-refractivity contribution in [1.82, 2.24) is 10.1 Å². The number of carbonyl (C=O) groups excluding carboxylic acids is 2. The molecule has 8 nitrogen and oxygen atoms in total. The standard InChI is InChI=1S/C23H24N4O4/c1-15(28)16-5-9-19(10-6-16)24-22(29)18-4-3-13-27(14-18)23-25-21(26-31-23)17-7-11-20(30-2)12-8-17/h5-12,18H,3-4,13-14H2,1-2H3,(H,24,29)/t18-/m0/s1. The molecule has 1 atom stereocenters. The number of rotatable bonds is 6. The minimum Gasteiger partial charge on any atom is -0.497 e. The Morgan fingerprint density at radius 3 is 2.55 bits per heavy atom. The molecular formula is C23H24N4O4. The number of piperidine rings is 1. The molecule has 3 aromatic rings. The zero-order valence-electron chi connectivity index (χ0n) is 17.5. The van der Waals surface area contributed by atoms with Crippen LogP contribution in [-0.2, 0) is 4.79 Å². The summed E-state index contributed by atoms with van der Waals surface area (Å²) in [6.45, 7) is 2.77. The van der Waals surface area contributed by atoms with Crippen LogP contribution in [0.4, 0.5) is 11.7 Å². The summed E-state index contributed by atoms with van der Waals surface area (Å²) in [7, 11) is 1.62. The summed E-state index contributed by atoms with van der Waals surface area (Å²) in [4.78, 5) is 30.6. The van der Waals surface area contributed by atoms with Crippen LogP contribution in [0.3, 0.4) is 0 Å². The molecule has 1 fully saturated rings. The van der Waals surface area contributed by atoms with Gasteiger partial charge in [-0.3, -0.25) is 9.59 Å². The highest BCUT2D eigenvalue weighted by atomic mass is 16.5. The lowest BCUT2D eigenvalue weighted by molar-refractivity contribution is -0.120. The molecular weight excluding hydrogens is 396 g/mol. The molecule has 1 amide bonds. The Kier molecular flexibility index (Phi) is 5.97. The van der Waals surface area contributed by atoms with E-state index < -0.39 is 0 Å². The fraction of sp³-hybridized carbons (Fsp3) is 0.304. The van der Waals surface area contributed by atoms with Gasteiger partial charge in [0.25, 0.3) is 0 Å². The number of aromatic nitrogens is 2. The van der Waals surface area contributed by atoms with E-state index in [9.17, 15) is 9.59 Å². The van der Waals surface area contributed by atoms with Gasteiger partial charge in [-0.05, 0) is 68.3 Å². The average Bonchev–Trinajstić information content (AvgIpc) is 3.30. The normalized spacial score (nSPS) is 16.1. The number of hydrogen-bond acceptors (Lipinski definition) is 7. The van der Waals surface area contributed by atoms with Crippen molar-refractivity contribution in [1.29, 1.82) is 0 Å². The van der Waals surface area contributed by atoms with E-state index in [0.717, 1.165) is 30.7 Å². The minimum atomic E-state index is -0.197. The molecule has 0 unspecified atom stereocenters. The third-order valence-electron chi connectivity index (χ3n) is 5.39. The van der Waals surface area contributed by atoms with Crippen molar-refractivity contribution in [3.63, 3.8) is 0 Å². The van der Waals surface area contributed by atoms with Gasteiger partial charge in [-0.2, -0.15) is 4.98 Å². The van der Waals surface area contributed by atoms with Crippen molar-refractivity contribution in [3.8, 4) is 17.1 Å². The molecule has 0 radical (unpaired) electrons. The van der Waals surface area contributed by atoms with Crippen molar-refractivity contribution in [3.05, 3.63) is 54.1 Å². The number of ketones is 1. The first-order valence-electron chi connectivity index (χ1n) is 10.2. The Morgan fingerprint density at radius 2 is 1.87 bits per heavy atom. The maximum atomic E-state index is 12.8. The highest BCUT2D eigenvalue weighted by molar-refractivity contribution is 5.96. The third kappa shape index (κ3) is 4.74. The van der Waals surface area contributed by atoms with Gasteiger partial charge in [-0.25, -0.2) is 0 Å². The highest BCUT2D eigenvalue weighted by Gasteiger charge is 2.28. The minimum absolute atomic E-state index is 0.00522. The van der Waals surface area contributed by atoms with Crippen LogP contribution in [0.2, 0.25) is 0 Å². The Bertz CT molecular complexity index is 1060. The zero-order chi connectivity index (χ0) is 21.8. The predicted molar refractivity (Wildman–Crippen MR) is 116 cm³/mol. The van der Waals surface area contributed by atoms with Crippen LogP contribution in [0.5, 0.6) is 5.75 Å². The van der Waals surface area contributed by atoms with Crippen LogP contribution in [0.25, 0.3) is 11.4 Å². The fourth-order valence-corrected chi connectivity index (χ4v) is 3.60. The number of anilines is 2. The Labute approximate surface area is 180 Å². The highest BCUT2D eigenvalue weighted by Crippen LogP contribution is 2.26. The molecule has 1 aliphatic heterocycles. The molecule has 0 bridgehead atoms. The first-order chi connectivity index (χ1) is 15.0. The second-order valence-corrected chi connectivity index (χ2v) is 7.54. The third-order valence-corrected chi connectivity index (χ3v) is 5.39. The zero-order valence-corrected chi connectivity index (χ0v) is 17.5. The number of nitrogens with one attached hydrogen (secondary N) is 1. The van der Waals surface area contributed by atoms with Gasteiger partial charge < -0.3 is 19.5 Å². The second-order valence-electron chi connectivity index (χ2n) is 7.54. The van der Waals surface area contributed by atoms with E-state index in [1.165, 1.54) is 6.92 Å². The lowest BCUT2D eigenvalue weighted by Gasteiger charge is -2.30. The Morgan fingerprint density at radius 1 is 1.13 bits per heavy atom. The van der Waals surface area contributed by atoms with Gasteiger partial charge in [0.15, 0.2) is 5.78 Å². The molecule has 0 spiro atoms. The maximum Gasteiger partial charge on any atom is 0.324 e. The van der Waals surface area contributed by atoms with Crippen LogP contribution in [0, 0.1) is 5.92 Å². The molecule has 1 aliphatic rings. The van der Waals surface area contributed by atoms with Gasteiger partial charge in [0.05, 0.1) is 13.0 Å². The van der Waals surface area contributed by atoms with Crippen molar-refractivity contribution in [2.45, 2.75) is 19.8 Å². The number of benzene rings is 2. The largest absolute Gasteiger partial charge is 0.497 e. The van der Waals surface area contributed by atoms with Crippen molar-refractivity contribution < 1.29 is 18.8 Å². The number of ether oxygens (including phenoxy) is 1. The van der Waals surface area contributed by atoms with Crippen LogP contribution < -0.4 is 15.0 Å². The monoisotopic (exact) mass is 420 g/mol. The van der Waals surface area contributed by atoms with E-state index in [0.29, 0.717) is 29.6 Å². The number of Topliss-reactive ketones (excluding diaryl/α,β-unsaturated/α-hetero) is 1. The summed E-state index contributed by atoms with van der Waals surface area (Å²) in [6, 6.07) is 14.8. The summed E-state index contributed by atoms with van der Waals surface area (Å²) in [5.41, 5.74) is 2.12. The summed E-state index contributed by atoms with van der Waals surface area (Å²) in [6.07, 6.45) is 1.63. The Balaban J connectivity index is 1.40. The quantitative estimate of drug-likeness (QED) is 0.606. The molecule has 2 aromatic carbocycles. The molecule has 2 heterocycles. The molecule has 160 valence electrons. The summed E-state index contributed by atoms with van der Waals surface area (Å²) in [5.74, 6) is 0.991. The molecule has 31 heavy (non-hydrogen) atoms. The van der Waals surface area contributed by atoms with Crippen molar-refractivity contribution >= 4 is 23.4 Å². The van der Waals surface area contributed by atoms with Crippen LogP contribution in [0.1, 0.15) is 30.1 Å². The van der Waals surface area contributed by atoms with E-state index in [1.54, 1.807) is 31.4 Å². The van der Waals surface area contributed by atoms with Crippen LogP contribution >= 0.6 is 0 Å². The van der Waals surface area contributed by atoms with E-state index in [-0.39, 0.29) is 17.6 Å². The van der Waals surface area contributed by atoms with Crippen molar-refractivity contribution in [2.75, 3.05) is 30.4 Å². The summed E-state index contributed by atoms with van der Waals surface area (Å²) >= 11 is 0.